The Kier molecular flexibility index (Phi) is 7.87. The number of benzene rings is 8. The van der Waals surface area contributed by atoms with E-state index < -0.39 is 0 Å². The predicted molar refractivity (Wildman–Crippen MR) is 205 cm³/mol. The second kappa shape index (κ2) is 12.7. The zero-order valence-electron chi connectivity index (χ0n) is 25.9. The molecule has 2 heteroatoms. The molecule has 1 aliphatic rings. The molecular formula is C45H32BrN. The highest BCUT2D eigenvalue weighted by atomic mass is 79.9. The van der Waals surface area contributed by atoms with Gasteiger partial charge in [0.05, 0.1) is 16.7 Å². The third kappa shape index (κ3) is 5.52. The van der Waals surface area contributed by atoms with Crippen LogP contribution in [0.15, 0.2) is 186 Å². The summed E-state index contributed by atoms with van der Waals surface area (Å²) in [5.41, 5.74) is 9.50. The Morgan fingerprint density at radius 1 is 0.362 bits per heavy atom. The van der Waals surface area contributed by atoms with Gasteiger partial charge in [0, 0.05) is 20.6 Å². The summed E-state index contributed by atoms with van der Waals surface area (Å²) in [7, 11) is 0. The molecule has 0 atom stereocenters. The van der Waals surface area contributed by atoms with Crippen LogP contribution in [0.1, 0.15) is 11.1 Å². The second-order valence-electron chi connectivity index (χ2n) is 11.8. The summed E-state index contributed by atoms with van der Waals surface area (Å²) in [5, 5.41) is 7.71. The van der Waals surface area contributed by atoms with Crippen LogP contribution in [0.5, 0.6) is 0 Å². The van der Waals surface area contributed by atoms with Crippen molar-refractivity contribution in [1.82, 2.24) is 4.57 Å². The lowest BCUT2D eigenvalue weighted by atomic mass is 10.1. The molecule has 0 amide bonds. The number of halogens is 1. The third-order valence-electron chi connectivity index (χ3n) is 9.03. The van der Waals surface area contributed by atoms with Gasteiger partial charge < -0.3 is 4.57 Å². The molecule has 10 rings (SSSR count). The molecule has 47 heavy (non-hydrogen) atoms. The molecule has 0 saturated heterocycles. The Morgan fingerprint density at radius 2 is 0.787 bits per heavy atom. The predicted octanol–water partition coefficient (Wildman–Crippen LogP) is 12.8. The van der Waals surface area contributed by atoms with E-state index in [4.69, 9.17) is 0 Å². The third-order valence-corrected chi connectivity index (χ3v) is 9.72. The fourth-order valence-corrected chi connectivity index (χ4v) is 7.36. The average Bonchev–Trinajstić information content (AvgIpc) is 3.68. The molecule has 1 heterocycles. The summed E-state index contributed by atoms with van der Waals surface area (Å²) in [6.07, 6.45) is 1.10. The van der Waals surface area contributed by atoms with Crippen molar-refractivity contribution >= 4 is 59.3 Å². The number of hydrogen-bond donors (Lipinski definition) is 0. The molecule has 0 radical (unpaired) electrons. The molecule has 0 unspecified atom stereocenters. The molecule has 0 fully saturated rings. The summed E-state index contributed by atoms with van der Waals surface area (Å²) in [5.74, 6) is 0. The zero-order valence-corrected chi connectivity index (χ0v) is 27.4. The minimum atomic E-state index is 1.10. The van der Waals surface area contributed by atoms with Crippen molar-refractivity contribution in [3.8, 4) is 16.8 Å². The van der Waals surface area contributed by atoms with Crippen molar-refractivity contribution in [3.05, 3.63) is 198 Å². The van der Waals surface area contributed by atoms with Crippen molar-refractivity contribution in [2.75, 3.05) is 0 Å². The summed E-state index contributed by atoms with van der Waals surface area (Å²) in [6, 6.07) is 64.2. The monoisotopic (exact) mass is 665 g/mol. The summed E-state index contributed by atoms with van der Waals surface area (Å²) in [4.78, 5) is 0. The molecule has 1 aromatic heterocycles. The molecule has 0 saturated carbocycles. The van der Waals surface area contributed by atoms with Gasteiger partial charge in [-0.15, -0.1) is 0 Å². The van der Waals surface area contributed by atoms with Crippen LogP contribution >= 0.6 is 15.9 Å². The Bertz CT molecular complexity index is 2410. The van der Waals surface area contributed by atoms with Gasteiger partial charge >= 0.3 is 0 Å². The number of para-hydroxylation sites is 2. The first-order valence-corrected chi connectivity index (χ1v) is 16.8. The topological polar surface area (TPSA) is 4.93 Å². The van der Waals surface area contributed by atoms with E-state index in [9.17, 15) is 0 Å². The van der Waals surface area contributed by atoms with Crippen molar-refractivity contribution < 1.29 is 0 Å². The maximum atomic E-state index is 3.50. The lowest BCUT2D eigenvalue weighted by molar-refractivity contribution is 1.20. The molecule has 8 aromatic carbocycles. The van der Waals surface area contributed by atoms with Gasteiger partial charge in [0.1, 0.15) is 0 Å². The fourth-order valence-electron chi connectivity index (χ4n) is 6.85. The first kappa shape index (κ1) is 29.0. The standard InChI is InChI=1S/C22H15N.C13H10.C10H7Br/c1-2-10-17-16(8-1)9-7-15-20(17)23-21-13-5-3-11-18(21)19-12-4-6-14-22(19)23;1-3-7-12-10(5-1)9-11-6-2-4-8-13(11)12;11-10-7-3-5-8-4-1-2-6-9(8)10/h1-15H;1-8H,9H2;1-7H. The van der Waals surface area contributed by atoms with E-state index >= 15 is 0 Å². The van der Waals surface area contributed by atoms with Crippen LogP contribution in [0.25, 0.3) is 60.2 Å². The van der Waals surface area contributed by atoms with Gasteiger partial charge in [-0.2, -0.15) is 0 Å². The van der Waals surface area contributed by atoms with Crippen molar-refractivity contribution in [2.24, 2.45) is 0 Å². The second-order valence-corrected chi connectivity index (χ2v) is 12.7. The maximum Gasteiger partial charge on any atom is 0.0541 e. The van der Waals surface area contributed by atoms with Crippen LogP contribution in [-0.4, -0.2) is 4.57 Å². The summed E-state index contributed by atoms with van der Waals surface area (Å²) in [6.45, 7) is 0. The van der Waals surface area contributed by atoms with Gasteiger partial charge in [-0.05, 0) is 69.1 Å². The van der Waals surface area contributed by atoms with Gasteiger partial charge in [-0.25, -0.2) is 0 Å². The molecule has 1 aliphatic carbocycles. The normalized spacial score (nSPS) is 11.4. The van der Waals surface area contributed by atoms with Gasteiger partial charge in [-0.3, -0.25) is 0 Å². The van der Waals surface area contributed by atoms with E-state index in [1.165, 1.54) is 71.3 Å². The zero-order chi connectivity index (χ0) is 31.6. The number of nitrogens with zero attached hydrogens (tertiary/aromatic N) is 1. The lowest BCUT2D eigenvalue weighted by Crippen LogP contribution is -1.94. The van der Waals surface area contributed by atoms with E-state index in [1.54, 1.807) is 0 Å². The van der Waals surface area contributed by atoms with Crippen LogP contribution in [0.2, 0.25) is 0 Å². The number of fused-ring (bicyclic) bond motifs is 8. The number of rotatable bonds is 1. The first-order valence-electron chi connectivity index (χ1n) is 16.0. The number of aromatic nitrogens is 1. The van der Waals surface area contributed by atoms with Gasteiger partial charge in [-0.1, -0.05) is 174 Å². The Labute approximate surface area is 283 Å². The Hall–Kier alpha value is -5.44. The van der Waals surface area contributed by atoms with Gasteiger partial charge in [0.15, 0.2) is 0 Å². The van der Waals surface area contributed by atoms with Crippen LogP contribution < -0.4 is 0 Å². The highest BCUT2D eigenvalue weighted by molar-refractivity contribution is 9.10. The van der Waals surface area contributed by atoms with Crippen molar-refractivity contribution in [3.63, 3.8) is 0 Å². The molecule has 0 bridgehead atoms. The highest BCUT2D eigenvalue weighted by Gasteiger charge is 2.16. The van der Waals surface area contributed by atoms with E-state index in [1.807, 2.05) is 12.1 Å². The van der Waals surface area contributed by atoms with E-state index in [0.717, 1.165) is 10.9 Å². The van der Waals surface area contributed by atoms with Gasteiger partial charge in [0.25, 0.3) is 0 Å². The molecule has 224 valence electrons. The van der Waals surface area contributed by atoms with Crippen LogP contribution in [-0.2, 0) is 6.42 Å². The van der Waals surface area contributed by atoms with Gasteiger partial charge in [0.2, 0.25) is 0 Å². The van der Waals surface area contributed by atoms with E-state index in [0.29, 0.717) is 0 Å². The van der Waals surface area contributed by atoms with E-state index in [2.05, 4.69) is 190 Å². The molecule has 1 nitrogen and oxygen atoms in total. The molecular weight excluding hydrogens is 634 g/mol. The first-order chi connectivity index (χ1) is 23.3. The van der Waals surface area contributed by atoms with Crippen LogP contribution in [0, 0.1) is 0 Å². The molecule has 9 aromatic rings. The van der Waals surface area contributed by atoms with Crippen LogP contribution in [0.4, 0.5) is 0 Å². The molecule has 0 N–H and O–H groups in total. The Morgan fingerprint density at radius 3 is 1.38 bits per heavy atom. The summed E-state index contributed by atoms with van der Waals surface area (Å²) >= 11 is 3.50. The van der Waals surface area contributed by atoms with Crippen molar-refractivity contribution in [2.45, 2.75) is 6.42 Å². The fraction of sp³-hybridized carbons (Fsp3) is 0.0222. The number of hydrogen-bond acceptors (Lipinski definition) is 0. The minimum Gasteiger partial charge on any atom is -0.309 e. The Balaban J connectivity index is 0.000000114. The summed E-state index contributed by atoms with van der Waals surface area (Å²) < 4.78 is 3.54. The van der Waals surface area contributed by atoms with Crippen LogP contribution in [0.3, 0.4) is 0 Å². The van der Waals surface area contributed by atoms with E-state index in [-0.39, 0.29) is 0 Å². The average molecular weight is 667 g/mol. The molecule has 0 aliphatic heterocycles. The molecule has 0 spiro atoms. The smallest absolute Gasteiger partial charge is 0.0541 e. The highest BCUT2D eigenvalue weighted by Crippen LogP contribution is 2.36. The van der Waals surface area contributed by atoms with Crippen molar-refractivity contribution in [1.29, 1.82) is 0 Å². The largest absolute Gasteiger partial charge is 0.309 e. The maximum absolute atomic E-state index is 3.50. The lowest BCUT2D eigenvalue weighted by Gasteiger charge is -2.11. The quantitative estimate of drug-likeness (QED) is 0.164. The minimum absolute atomic E-state index is 1.10. The SMILES string of the molecule is Brc1cccc2ccccc12.c1ccc2c(-n3c4ccccc4c4ccccc43)cccc2c1.c1ccc2c(c1)Cc1ccccc1-2.